The number of hydrogen-bond donors (Lipinski definition) is 2. The lowest BCUT2D eigenvalue weighted by molar-refractivity contribution is -0.124. The fraction of sp³-hybridized carbons (Fsp3) is 0.222. The number of rotatable bonds is 4. The van der Waals surface area contributed by atoms with Crippen molar-refractivity contribution < 1.29 is 14.3 Å². The Morgan fingerprint density at radius 3 is 2.40 bits per heavy atom. The second-order valence-electron chi connectivity index (χ2n) is 5.65. The van der Waals surface area contributed by atoms with Gasteiger partial charge in [-0.25, -0.2) is 0 Å². The van der Waals surface area contributed by atoms with Gasteiger partial charge in [0.2, 0.25) is 0 Å². The summed E-state index contributed by atoms with van der Waals surface area (Å²) in [7, 11) is 0. The molecule has 25 heavy (non-hydrogen) atoms. The molecule has 2 aromatic rings. The van der Waals surface area contributed by atoms with Crippen molar-refractivity contribution >= 4 is 50.7 Å². The van der Waals surface area contributed by atoms with Crippen molar-refractivity contribution in [2.75, 3.05) is 17.2 Å². The molecule has 3 rings (SSSR count). The molecule has 5 nitrogen and oxygen atoms in total. The molecular weight excluding hydrogens is 408 g/mol. The fourth-order valence-corrected chi connectivity index (χ4v) is 3.08. The molecule has 0 unspecified atom stereocenters. The van der Waals surface area contributed by atoms with Crippen LogP contribution in [0.4, 0.5) is 11.4 Å². The molecule has 1 fully saturated rings. The summed E-state index contributed by atoms with van der Waals surface area (Å²) in [6.45, 7) is 0.626. The van der Waals surface area contributed by atoms with Gasteiger partial charge < -0.3 is 15.4 Å². The van der Waals surface area contributed by atoms with Crippen LogP contribution < -0.4 is 10.6 Å². The summed E-state index contributed by atoms with van der Waals surface area (Å²) in [5, 5.41) is 5.97. The van der Waals surface area contributed by atoms with E-state index < -0.39 is 0 Å². The molecule has 1 aliphatic rings. The number of ether oxygens (including phenoxy) is 1. The molecule has 2 N–H and O–H groups in total. The predicted molar refractivity (Wildman–Crippen MR) is 101 cm³/mol. The van der Waals surface area contributed by atoms with Gasteiger partial charge in [-0.15, -0.1) is 0 Å². The van der Waals surface area contributed by atoms with E-state index in [2.05, 4.69) is 26.6 Å². The Bertz CT molecular complexity index is 789. The molecule has 1 aliphatic heterocycles. The molecule has 2 aromatic carbocycles. The van der Waals surface area contributed by atoms with Crippen molar-refractivity contribution in [3.8, 4) is 0 Å². The number of carbonyl (C=O) groups excluding carboxylic acids is 2. The molecule has 0 bridgehead atoms. The molecule has 0 radical (unpaired) electrons. The number of amides is 2. The second kappa shape index (κ2) is 7.99. The third kappa shape index (κ3) is 4.60. The van der Waals surface area contributed by atoms with Crippen molar-refractivity contribution in [1.29, 1.82) is 0 Å². The maximum absolute atomic E-state index is 12.3. The SMILES string of the molecule is O=C(Nc1ccc(NC(=O)[C@@H]2CCCO2)cc1)c1cc(Br)ccc1Cl. The first-order chi connectivity index (χ1) is 12.0. The third-order valence-corrected chi connectivity index (χ3v) is 4.63. The minimum absolute atomic E-state index is 0.143. The van der Waals surface area contributed by atoms with E-state index in [1.165, 1.54) is 0 Å². The zero-order valence-electron chi connectivity index (χ0n) is 13.2. The van der Waals surface area contributed by atoms with Gasteiger partial charge >= 0.3 is 0 Å². The summed E-state index contributed by atoms with van der Waals surface area (Å²) in [5.74, 6) is -0.447. The van der Waals surface area contributed by atoms with Crippen molar-refractivity contribution in [2.24, 2.45) is 0 Å². The van der Waals surface area contributed by atoms with E-state index in [1.54, 1.807) is 42.5 Å². The second-order valence-corrected chi connectivity index (χ2v) is 6.97. The van der Waals surface area contributed by atoms with E-state index in [0.717, 1.165) is 17.3 Å². The van der Waals surface area contributed by atoms with Crippen LogP contribution in [0.2, 0.25) is 5.02 Å². The summed E-state index contributed by atoms with van der Waals surface area (Å²) < 4.78 is 6.12. The Morgan fingerprint density at radius 2 is 1.76 bits per heavy atom. The van der Waals surface area contributed by atoms with Crippen LogP contribution in [0.1, 0.15) is 23.2 Å². The maximum atomic E-state index is 12.3. The van der Waals surface area contributed by atoms with Gasteiger partial charge in [-0.1, -0.05) is 27.5 Å². The molecule has 0 aromatic heterocycles. The van der Waals surface area contributed by atoms with Gasteiger partial charge in [-0.05, 0) is 55.3 Å². The number of hydrogen-bond acceptors (Lipinski definition) is 3. The zero-order valence-corrected chi connectivity index (χ0v) is 15.6. The summed E-state index contributed by atoms with van der Waals surface area (Å²) >= 11 is 9.38. The molecule has 130 valence electrons. The van der Waals surface area contributed by atoms with Gasteiger partial charge in [0.15, 0.2) is 0 Å². The summed E-state index contributed by atoms with van der Waals surface area (Å²) in [4.78, 5) is 24.3. The lowest BCUT2D eigenvalue weighted by Gasteiger charge is -2.11. The molecule has 0 saturated carbocycles. The van der Waals surface area contributed by atoms with E-state index in [-0.39, 0.29) is 17.9 Å². The minimum Gasteiger partial charge on any atom is -0.368 e. The number of benzene rings is 2. The standard InChI is InChI=1S/C18H16BrClN2O3/c19-11-3-8-15(20)14(10-11)17(23)21-12-4-6-13(7-5-12)22-18(24)16-2-1-9-25-16/h3-8,10,16H,1-2,9H2,(H,21,23)(H,22,24)/t16-/m0/s1. The third-order valence-electron chi connectivity index (χ3n) is 3.81. The van der Waals surface area contributed by atoms with Crippen molar-refractivity contribution in [2.45, 2.75) is 18.9 Å². The highest BCUT2D eigenvalue weighted by Crippen LogP contribution is 2.23. The molecule has 0 aliphatic carbocycles. The first kappa shape index (κ1) is 17.9. The first-order valence-corrected chi connectivity index (χ1v) is 8.99. The van der Waals surface area contributed by atoms with Crippen LogP contribution in [-0.4, -0.2) is 24.5 Å². The molecule has 0 spiro atoms. The van der Waals surface area contributed by atoms with Crippen LogP contribution >= 0.6 is 27.5 Å². The molecular formula is C18H16BrClN2O3. The van der Waals surface area contributed by atoms with Gasteiger partial charge in [-0.3, -0.25) is 9.59 Å². The Morgan fingerprint density at radius 1 is 1.08 bits per heavy atom. The average Bonchev–Trinajstić information content (AvgIpc) is 3.13. The molecule has 2 amide bonds. The molecule has 1 saturated heterocycles. The highest BCUT2D eigenvalue weighted by Gasteiger charge is 2.23. The Labute approximate surface area is 158 Å². The summed E-state index contributed by atoms with van der Waals surface area (Å²) in [6.07, 6.45) is 1.27. The van der Waals surface area contributed by atoms with E-state index >= 15 is 0 Å². The van der Waals surface area contributed by atoms with E-state index in [1.807, 2.05) is 0 Å². The quantitative estimate of drug-likeness (QED) is 0.762. The van der Waals surface area contributed by atoms with Crippen molar-refractivity contribution in [1.82, 2.24) is 0 Å². The average molecular weight is 424 g/mol. The Hall–Kier alpha value is -1.89. The van der Waals surface area contributed by atoms with Crippen LogP contribution in [0.5, 0.6) is 0 Å². The van der Waals surface area contributed by atoms with Gasteiger partial charge in [0.05, 0.1) is 10.6 Å². The van der Waals surface area contributed by atoms with Gasteiger partial charge in [0, 0.05) is 22.5 Å². The minimum atomic E-state index is -0.377. The molecule has 7 heteroatoms. The fourth-order valence-electron chi connectivity index (χ4n) is 2.51. The molecule has 1 heterocycles. The highest BCUT2D eigenvalue weighted by molar-refractivity contribution is 9.10. The smallest absolute Gasteiger partial charge is 0.257 e. The van der Waals surface area contributed by atoms with E-state index in [0.29, 0.717) is 28.6 Å². The first-order valence-electron chi connectivity index (χ1n) is 7.82. The van der Waals surface area contributed by atoms with Crippen molar-refractivity contribution in [3.05, 3.63) is 57.5 Å². The zero-order chi connectivity index (χ0) is 17.8. The maximum Gasteiger partial charge on any atom is 0.257 e. The van der Waals surface area contributed by atoms with Crippen LogP contribution in [0.15, 0.2) is 46.9 Å². The van der Waals surface area contributed by atoms with Crippen molar-refractivity contribution in [3.63, 3.8) is 0 Å². The van der Waals surface area contributed by atoms with Gasteiger partial charge in [0.25, 0.3) is 11.8 Å². The monoisotopic (exact) mass is 422 g/mol. The van der Waals surface area contributed by atoms with Gasteiger partial charge in [-0.2, -0.15) is 0 Å². The number of carbonyl (C=O) groups is 2. The van der Waals surface area contributed by atoms with Crippen LogP contribution in [0, 0.1) is 0 Å². The largest absolute Gasteiger partial charge is 0.368 e. The highest BCUT2D eigenvalue weighted by atomic mass is 79.9. The van der Waals surface area contributed by atoms with Crippen LogP contribution in [-0.2, 0) is 9.53 Å². The van der Waals surface area contributed by atoms with Gasteiger partial charge in [0.1, 0.15) is 6.10 Å². The Kier molecular flexibility index (Phi) is 5.73. The summed E-state index contributed by atoms with van der Waals surface area (Å²) in [5.41, 5.74) is 1.64. The van der Waals surface area contributed by atoms with E-state index in [4.69, 9.17) is 16.3 Å². The lowest BCUT2D eigenvalue weighted by atomic mass is 10.2. The number of halogens is 2. The van der Waals surface area contributed by atoms with E-state index in [9.17, 15) is 9.59 Å². The lowest BCUT2D eigenvalue weighted by Crippen LogP contribution is -2.26. The topological polar surface area (TPSA) is 67.4 Å². The molecule has 1 atom stereocenters. The van der Waals surface area contributed by atoms with Crippen LogP contribution in [0.25, 0.3) is 0 Å². The van der Waals surface area contributed by atoms with Crippen LogP contribution in [0.3, 0.4) is 0 Å². The number of anilines is 2. The number of nitrogens with one attached hydrogen (secondary N) is 2. The Balaban J connectivity index is 1.63. The summed E-state index contributed by atoms with van der Waals surface area (Å²) in [6, 6.07) is 12.0. The predicted octanol–water partition coefficient (Wildman–Crippen LogP) is 4.47. The normalized spacial score (nSPS) is 16.5.